The van der Waals surface area contributed by atoms with Crippen LogP contribution in [0.3, 0.4) is 0 Å². The van der Waals surface area contributed by atoms with E-state index in [0.29, 0.717) is 16.8 Å². The summed E-state index contributed by atoms with van der Waals surface area (Å²) in [6.07, 6.45) is -15.3. The van der Waals surface area contributed by atoms with E-state index in [-0.39, 0.29) is 5.69 Å². The summed E-state index contributed by atoms with van der Waals surface area (Å²) in [5.41, 5.74) is 1.33. The molecular weight excluding hydrogens is 409 g/mol. The number of hydrogen-bond donors (Lipinski definition) is 1. The molecule has 14 heteroatoms. The molecule has 0 spiro atoms. The number of nitrogens with two attached hydrogens (primary N) is 1. The zero-order valence-electron chi connectivity index (χ0n) is 13.1. The molecule has 150 valence electrons. The predicted molar refractivity (Wildman–Crippen MR) is 76.1 cm³/mol. The molecule has 28 heavy (non-hydrogen) atoms. The second kappa shape index (κ2) is 5.97. The Kier molecular flexibility index (Phi) is 4.20. The smallest absolute Gasteiger partial charge is 0.383 e. The average molecular weight is 415 g/mol. The van der Waals surface area contributed by atoms with Gasteiger partial charge in [-0.25, -0.2) is 14.6 Å². The van der Waals surface area contributed by atoms with Crippen molar-refractivity contribution in [3.05, 3.63) is 41.3 Å². The van der Waals surface area contributed by atoms with Gasteiger partial charge in [-0.05, 0) is 24.3 Å². The highest BCUT2D eigenvalue weighted by atomic mass is 19.4. The Morgan fingerprint density at radius 3 is 1.79 bits per heavy atom. The number of nitrogens with zero attached hydrogens (tertiary/aromatic N) is 4. The van der Waals surface area contributed by atoms with Gasteiger partial charge in [-0.3, -0.25) is 0 Å². The quantitative estimate of drug-likeness (QED) is 0.597. The van der Waals surface area contributed by atoms with Crippen LogP contribution in [0.15, 0.2) is 24.3 Å². The lowest BCUT2D eigenvalue weighted by atomic mass is 10.2. The van der Waals surface area contributed by atoms with E-state index in [2.05, 4.69) is 15.1 Å². The molecule has 2 aromatic heterocycles. The van der Waals surface area contributed by atoms with Crippen molar-refractivity contribution >= 4 is 16.9 Å². The number of fused-ring (bicyclic) bond motifs is 1. The number of alkyl halides is 9. The molecule has 0 amide bonds. The number of nitrogen functional groups attached to an aromatic ring is 1. The molecule has 5 nitrogen and oxygen atoms in total. The maximum atomic E-state index is 13.2. The molecular formula is C14H6F9N5. The van der Waals surface area contributed by atoms with Gasteiger partial charge in [-0.1, -0.05) is 0 Å². The molecule has 0 saturated heterocycles. The fourth-order valence-corrected chi connectivity index (χ4v) is 2.33. The third kappa shape index (κ3) is 3.41. The number of benzene rings is 1. The predicted octanol–water partition coefficient (Wildman–Crippen LogP) is 4.45. The van der Waals surface area contributed by atoms with Crippen LogP contribution in [-0.4, -0.2) is 19.7 Å². The number of halogens is 9. The third-order valence-electron chi connectivity index (χ3n) is 3.53. The van der Waals surface area contributed by atoms with Crippen molar-refractivity contribution in [3.63, 3.8) is 0 Å². The van der Waals surface area contributed by atoms with Gasteiger partial charge >= 0.3 is 18.5 Å². The summed E-state index contributed by atoms with van der Waals surface area (Å²) in [7, 11) is 0. The van der Waals surface area contributed by atoms with Crippen LogP contribution in [0.2, 0.25) is 0 Å². The standard InChI is InChI=1S/C14H6F9N5/c15-12(16,17)5-1-3-6(4-2-5)28-9(24)7-8(13(18,19)20)25-11(14(21,22)23)26-10(7)27-28/h1-4H,24H2. The highest BCUT2D eigenvalue weighted by molar-refractivity contribution is 5.90. The summed E-state index contributed by atoms with van der Waals surface area (Å²) in [4.78, 5) is 5.47. The molecule has 0 aliphatic heterocycles. The molecule has 0 atom stereocenters. The van der Waals surface area contributed by atoms with Crippen LogP contribution in [0, 0.1) is 0 Å². The summed E-state index contributed by atoms with van der Waals surface area (Å²) in [5.74, 6) is -2.86. The van der Waals surface area contributed by atoms with Gasteiger partial charge in [0.25, 0.3) is 0 Å². The minimum Gasteiger partial charge on any atom is -0.383 e. The normalized spacial score (nSPS) is 13.3. The third-order valence-corrected chi connectivity index (χ3v) is 3.53. The van der Waals surface area contributed by atoms with Crippen molar-refractivity contribution in [1.82, 2.24) is 19.7 Å². The summed E-state index contributed by atoms with van der Waals surface area (Å²) in [6, 6.07) is 2.91. The molecule has 0 saturated carbocycles. The summed E-state index contributed by atoms with van der Waals surface area (Å²) < 4.78 is 116. The van der Waals surface area contributed by atoms with Gasteiger partial charge < -0.3 is 5.73 Å². The highest BCUT2D eigenvalue weighted by Crippen LogP contribution is 2.39. The number of rotatable bonds is 1. The Morgan fingerprint density at radius 2 is 1.32 bits per heavy atom. The zero-order valence-corrected chi connectivity index (χ0v) is 13.1. The Morgan fingerprint density at radius 1 is 0.750 bits per heavy atom. The lowest BCUT2D eigenvalue weighted by Gasteiger charge is -2.11. The lowest BCUT2D eigenvalue weighted by molar-refractivity contribution is -0.151. The molecule has 2 heterocycles. The van der Waals surface area contributed by atoms with Gasteiger partial charge in [0.15, 0.2) is 11.3 Å². The van der Waals surface area contributed by atoms with Crippen LogP contribution in [0.25, 0.3) is 16.7 Å². The Balaban J connectivity index is 2.25. The largest absolute Gasteiger partial charge is 0.451 e. The molecule has 0 fully saturated rings. The van der Waals surface area contributed by atoms with Crippen molar-refractivity contribution in [2.75, 3.05) is 5.73 Å². The van der Waals surface area contributed by atoms with Gasteiger partial charge in [0.1, 0.15) is 5.82 Å². The first-order chi connectivity index (χ1) is 12.7. The van der Waals surface area contributed by atoms with Gasteiger partial charge in [0.2, 0.25) is 5.82 Å². The highest BCUT2D eigenvalue weighted by Gasteiger charge is 2.43. The van der Waals surface area contributed by atoms with Gasteiger partial charge in [0, 0.05) is 0 Å². The van der Waals surface area contributed by atoms with Crippen LogP contribution in [0.4, 0.5) is 45.3 Å². The Labute approximate surface area is 148 Å². The van der Waals surface area contributed by atoms with Crippen molar-refractivity contribution < 1.29 is 39.5 Å². The van der Waals surface area contributed by atoms with Crippen LogP contribution < -0.4 is 5.73 Å². The molecule has 3 aromatic rings. The molecule has 3 rings (SSSR count). The van der Waals surface area contributed by atoms with E-state index in [0.717, 1.165) is 12.1 Å². The molecule has 0 aliphatic rings. The SMILES string of the molecule is Nc1c2c(C(F)(F)F)nc(C(F)(F)F)nc2nn1-c1ccc(C(F)(F)F)cc1. The molecule has 1 aromatic carbocycles. The van der Waals surface area contributed by atoms with E-state index in [1.165, 1.54) is 0 Å². The van der Waals surface area contributed by atoms with Gasteiger partial charge in [0.05, 0.1) is 16.6 Å². The Hall–Kier alpha value is -3.06. The summed E-state index contributed by atoms with van der Waals surface area (Å²) in [6.45, 7) is 0. The van der Waals surface area contributed by atoms with Crippen molar-refractivity contribution in [2.45, 2.75) is 18.5 Å². The fraction of sp³-hybridized carbons (Fsp3) is 0.214. The summed E-state index contributed by atoms with van der Waals surface area (Å²) in [5, 5.41) is 2.48. The van der Waals surface area contributed by atoms with Crippen LogP contribution in [0.1, 0.15) is 17.1 Å². The van der Waals surface area contributed by atoms with Gasteiger partial charge in [-0.15, -0.1) is 5.10 Å². The maximum absolute atomic E-state index is 13.2. The van der Waals surface area contributed by atoms with Crippen molar-refractivity contribution in [2.24, 2.45) is 0 Å². The number of hydrogen-bond acceptors (Lipinski definition) is 4. The first-order valence-corrected chi connectivity index (χ1v) is 7.08. The average Bonchev–Trinajstić information content (AvgIpc) is 2.89. The Bertz CT molecular complexity index is 1030. The van der Waals surface area contributed by atoms with E-state index >= 15 is 0 Å². The van der Waals surface area contributed by atoms with Gasteiger partial charge in [-0.2, -0.15) is 39.5 Å². The van der Waals surface area contributed by atoms with Crippen LogP contribution in [0.5, 0.6) is 0 Å². The molecule has 0 bridgehead atoms. The fourth-order valence-electron chi connectivity index (χ4n) is 2.33. The minimum atomic E-state index is -5.32. The topological polar surface area (TPSA) is 69.6 Å². The summed E-state index contributed by atoms with van der Waals surface area (Å²) >= 11 is 0. The van der Waals surface area contributed by atoms with Crippen molar-refractivity contribution in [3.8, 4) is 5.69 Å². The minimum absolute atomic E-state index is 0.217. The molecule has 2 N–H and O–H groups in total. The van der Waals surface area contributed by atoms with E-state index < -0.39 is 52.5 Å². The lowest BCUT2D eigenvalue weighted by Crippen LogP contribution is -2.17. The second-order valence-corrected chi connectivity index (χ2v) is 5.43. The molecule has 0 aliphatic carbocycles. The second-order valence-electron chi connectivity index (χ2n) is 5.43. The van der Waals surface area contributed by atoms with Crippen molar-refractivity contribution in [1.29, 1.82) is 0 Å². The van der Waals surface area contributed by atoms with Crippen LogP contribution >= 0.6 is 0 Å². The monoisotopic (exact) mass is 415 g/mol. The van der Waals surface area contributed by atoms with Crippen LogP contribution in [-0.2, 0) is 18.5 Å². The first-order valence-electron chi connectivity index (χ1n) is 7.08. The van der Waals surface area contributed by atoms with E-state index in [9.17, 15) is 39.5 Å². The number of aromatic nitrogens is 4. The van der Waals surface area contributed by atoms with E-state index in [1.807, 2.05) is 0 Å². The zero-order chi connectivity index (χ0) is 21.1. The maximum Gasteiger partial charge on any atom is 0.451 e. The number of anilines is 1. The molecule has 0 radical (unpaired) electrons. The van der Waals surface area contributed by atoms with E-state index in [1.54, 1.807) is 0 Å². The first kappa shape index (κ1) is 19.7. The van der Waals surface area contributed by atoms with E-state index in [4.69, 9.17) is 5.73 Å². The molecule has 0 unspecified atom stereocenters.